The van der Waals surface area contributed by atoms with Gasteiger partial charge in [-0.2, -0.15) is 4.98 Å². The predicted molar refractivity (Wildman–Crippen MR) is 63.9 cm³/mol. The third-order valence-corrected chi connectivity index (χ3v) is 3.01. The van der Waals surface area contributed by atoms with Crippen molar-refractivity contribution in [2.24, 2.45) is 0 Å². The average Bonchev–Trinajstić information content (AvgIpc) is 2.82. The van der Waals surface area contributed by atoms with E-state index < -0.39 is 5.82 Å². The van der Waals surface area contributed by atoms with Crippen molar-refractivity contribution in [2.45, 2.75) is 25.9 Å². The van der Waals surface area contributed by atoms with Crippen LogP contribution in [0.5, 0.6) is 0 Å². The number of halogens is 2. The first kappa shape index (κ1) is 12.5. The second-order valence-electron chi connectivity index (χ2n) is 3.98. The highest BCUT2D eigenvalue weighted by molar-refractivity contribution is 6.28. The van der Waals surface area contributed by atoms with Gasteiger partial charge in [0.1, 0.15) is 0 Å². The van der Waals surface area contributed by atoms with Crippen LogP contribution in [0.4, 0.5) is 10.2 Å². The lowest BCUT2D eigenvalue weighted by Crippen LogP contribution is -2.33. The van der Waals surface area contributed by atoms with E-state index >= 15 is 0 Å². The molecule has 0 radical (unpaired) electrons. The van der Waals surface area contributed by atoms with E-state index in [-0.39, 0.29) is 17.2 Å². The minimum atomic E-state index is -0.450. The normalized spacial score (nSPS) is 19.6. The van der Waals surface area contributed by atoms with Gasteiger partial charge in [-0.1, -0.05) is 0 Å². The lowest BCUT2D eigenvalue weighted by Gasteiger charge is -2.25. The van der Waals surface area contributed by atoms with Crippen molar-refractivity contribution in [2.75, 3.05) is 24.6 Å². The van der Waals surface area contributed by atoms with Crippen LogP contribution in [0, 0.1) is 5.82 Å². The Morgan fingerprint density at radius 3 is 3.12 bits per heavy atom. The summed E-state index contributed by atoms with van der Waals surface area (Å²) in [5, 5.41) is 0.0622. The zero-order chi connectivity index (χ0) is 12.3. The Bertz CT molecular complexity index is 385. The standard InChI is InChI=1S/C11H15ClFN3O/c1-2-16(7-8-4-3-5-17-8)10-9(13)6-14-11(12)15-10/h6,8H,2-5,7H2,1H3. The summed E-state index contributed by atoms with van der Waals surface area (Å²) in [5.74, 6) is -0.197. The number of aromatic nitrogens is 2. The Balaban J connectivity index is 2.13. The van der Waals surface area contributed by atoms with E-state index in [1.807, 2.05) is 11.8 Å². The van der Waals surface area contributed by atoms with Crippen molar-refractivity contribution in [1.82, 2.24) is 9.97 Å². The van der Waals surface area contributed by atoms with Crippen LogP contribution in [-0.4, -0.2) is 35.8 Å². The molecular weight excluding hydrogens is 245 g/mol. The third kappa shape index (κ3) is 3.04. The van der Waals surface area contributed by atoms with Crippen LogP contribution in [0.3, 0.4) is 0 Å². The van der Waals surface area contributed by atoms with Gasteiger partial charge in [0.2, 0.25) is 5.28 Å². The Morgan fingerprint density at radius 2 is 2.47 bits per heavy atom. The summed E-state index contributed by atoms with van der Waals surface area (Å²) in [4.78, 5) is 9.38. The van der Waals surface area contributed by atoms with Crippen LogP contribution in [0.1, 0.15) is 19.8 Å². The van der Waals surface area contributed by atoms with Crippen molar-refractivity contribution in [3.05, 3.63) is 17.3 Å². The largest absolute Gasteiger partial charge is 0.376 e. The van der Waals surface area contributed by atoms with Gasteiger partial charge in [-0.25, -0.2) is 9.37 Å². The Hall–Kier alpha value is -0.940. The number of rotatable bonds is 4. The van der Waals surface area contributed by atoms with E-state index in [4.69, 9.17) is 16.3 Å². The molecule has 94 valence electrons. The first-order valence-corrected chi connectivity index (χ1v) is 6.13. The fourth-order valence-corrected chi connectivity index (χ4v) is 2.09. The number of hydrogen-bond donors (Lipinski definition) is 0. The molecule has 0 aromatic carbocycles. The quantitative estimate of drug-likeness (QED) is 0.778. The molecule has 2 rings (SSSR count). The highest BCUT2D eigenvalue weighted by atomic mass is 35.5. The van der Waals surface area contributed by atoms with Crippen molar-refractivity contribution in [1.29, 1.82) is 0 Å². The predicted octanol–water partition coefficient (Wildman–Crippen LogP) is 2.27. The van der Waals surface area contributed by atoms with Crippen LogP contribution < -0.4 is 4.90 Å². The number of nitrogens with zero attached hydrogens (tertiary/aromatic N) is 3. The van der Waals surface area contributed by atoms with E-state index in [0.29, 0.717) is 13.1 Å². The van der Waals surface area contributed by atoms with Crippen molar-refractivity contribution in [3.63, 3.8) is 0 Å². The molecule has 0 spiro atoms. The van der Waals surface area contributed by atoms with Gasteiger partial charge in [0.15, 0.2) is 11.6 Å². The maximum absolute atomic E-state index is 13.6. The van der Waals surface area contributed by atoms with Gasteiger partial charge in [0, 0.05) is 19.7 Å². The molecule has 0 saturated carbocycles. The zero-order valence-corrected chi connectivity index (χ0v) is 10.5. The molecule has 4 nitrogen and oxygen atoms in total. The third-order valence-electron chi connectivity index (χ3n) is 2.83. The number of likely N-dealkylation sites (N-methyl/N-ethyl adjacent to an activating group) is 1. The van der Waals surface area contributed by atoms with Crippen LogP contribution in [-0.2, 0) is 4.74 Å². The first-order valence-electron chi connectivity index (χ1n) is 5.75. The fourth-order valence-electron chi connectivity index (χ4n) is 1.96. The highest BCUT2D eigenvalue weighted by Gasteiger charge is 2.21. The van der Waals surface area contributed by atoms with Crippen LogP contribution >= 0.6 is 11.6 Å². The number of ether oxygens (including phenoxy) is 1. The van der Waals surface area contributed by atoms with E-state index in [1.54, 1.807) is 0 Å². The van der Waals surface area contributed by atoms with E-state index in [2.05, 4.69) is 9.97 Å². The van der Waals surface area contributed by atoms with Crippen LogP contribution in [0.15, 0.2) is 6.20 Å². The van der Waals surface area contributed by atoms with Gasteiger partial charge in [-0.15, -0.1) is 0 Å². The topological polar surface area (TPSA) is 38.2 Å². The van der Waals surface area contributed by atoms with Gasteiger partial charge in [0.25, 0.3) is 0 Å². The fraction of sp³-hybridized carbons (Fsp3) is 0.636. The average molecular weight is 260 g/mol. The molecule has 0 N–H and O–H groups in total. The summed E-state index contributed by atoms with van der Waals surface area (Å²) in [7, 11) is 0. The summed E-state index contributed by atoms with van der Waals surface area (Å²) < 4.78 is 19.2. The maximum Gasteiger partial charge on any atom is 0.224 e. The van der Waals surface area contributed by atoms with Gasteiger partial charge in [0.05, 0.1) is 12.3 Å². The molecule has 1 aromatic heterocycles. The molecule has 0 bridgehead atoms. The summed E-state index contributed by atoms with van der Waals surface area (Å²) in [6.45, 7) is 4.03. The molecule has 1 aliphatic rings. The lowest BCUT2D eigenvalue weighted by atomic mass is 10.2. The molecule has 1 aliphatic heterocycles. The number of anilines is 1. The molecular formula is C11H15ClFN3O. The lowest BCUT2D eigenvalue weighted by molar-refractivity contribution is 0.115. The van der Waals surface area contributed by atoms with Crippen molar-refractivity contribution in [3.8, 4) is 0 Å². The molecule has 1 unspecified atom stereocenters. The monoisotopic (exact) mass is 259 g/mol. The van der Waals surface area contributed by atoms with Crippen LogP contribution in [0.2, 0.25) is 5.28 Å². The summed E-state index contributed by atoms with van der Waals surface area (Å²) in [5.41, 5.74) is 0. The molecule has 0 amide bonds. The molecule has 6 heteroatoms. The Morgan fingerprint density at radius 1 is 1.65 bits per heavy atom. The molecule has 1 fully saturated rings. The van der Waals surface area contributed by atoms with E-state index in [0.717, 1.165) is 25.6 Å². The second kappa shape index (κ2) is 5.60. The van der Waals surface area contributed by atoms with Crippen molar-refractivity contribution < 1.29 is 9.13 Å². The molecule has 0 aliphatic carbocycles. The Kier molecular flexibility index (Phi) is 4.12. The van der Waals surface area contributed by atoms with E-state index in [9.17, 15) is 4.39 Å². The van der Waals surface area contributed by atoms with Crippen LogP contribution in [0.25, 0.3) is 0 Å². The minimum Gasteiger partial charge on any atom is -0.376 e. The van der Waals surface area contributed by atoms with Gasteiger partial charge in [-0.3, -0.25) is 0 Å². The van der Waals surface area contributed by atoms with Gasteiger partial charge < -0.3 is 9.64 Å². The summed E-state index contributed by atoms with van der Waals surface area (Å²) in [6, 6.07) is 0. The number of hydrogen-bond acceptors (Lipinski definition) is 4. The maximum atomic E-state index is 13.6. The van der Waals surface area contributed by atoms with Gasteiger partial charge >= 0.3 is 0 Å². The SMILES string of the molecule is CCN(CC1CCCO1)c1nc(Cl)ncc1F. The molecule has 1 saturated heterocycles. The van der Waals surface area contributed by atoms with Crippen molar-refractivity contribution >= 4 is 17.4 Å². The molecule has 2 heterocycles. The molecule has 1 atom stereocenters. The smallest absolute Gasteiger partial charge is 0.224 e. The first-order chi connectivity index (χ1) is 8.20. The summed E-state index contributed by atoms with van der Waals surface area (Å²) in [6.07, 6.45) is 3.33. The minimum absolute atomic E-state index is 0.0622. The highest BCUT2D eigenvalue weighted by Crippen LogP contribution is 2.20. The van der Waals surface area contributed by atoms with Gasteiger partial charge in [-0.05, 0) is 31.4 Å². The van der Waals surface area contributed by atoms with E-state index in [1.165, 1.54) is 0 Å². The zero-order valence-electron chi connectivity index (χ0n) is 9.70. The summed E-state index contributed by atoms with van der Waals surface area (Å²) >= 11 is 5.69. The molecule has 17 heavy (non-hydrogen) atoms. The Labute approximate surface area is 105 Å². The molecule has 1 aromatic rings. The second-order valence-corrected chi connectivity index (χ2v) is 4.32.